The van der Waals surface area contributed by atoms with Crippen LogP contribution in [0.2, 0.25) is 0 Å². The predicted molar refractivity (Wildman–Crippen MR) is 78.7 cm³/mol. The van der Waals surface area contributed by atoms with Gasteiger partial charge in [0.25, 0.3) is 0 Å². The molecule has 0 aliphatic carbocycles. The first kappa shape index (κ1) is 14.2. The molecule has 1 atom stereocenters. The minimum Gasteiger partial charge on any atom is -0.338 e. The monoisotopic (exact) mass is 287 g/mol. The quantitative estimate of drug-likeness (QED) is 0.854. The maximum atomic E-state index is 5.35. The molecule has 112 valence electrons. The van der Waals surface area contributed by atoms with Gasteiger partial charge in [-0.1, -0.05) is 5.16 Å². The van der Waals surface area contributed by atoms with Crippen molar-refractivity contribution in [2.75, 3.05) is 26.7 Å². The van der Waals surface area contributed by atoms with Crippen molar-refractivity contribution in [2.24, 2.45) is 0 Å². The molecule has 0 amide bonds. The summed E-state index contributed by atoms with van der Waals surface area (Å²) in [5.74, 6) is 1.40. The predicted octanol–water partition coefficient (Wildman–Crippen LogP) is 1.57. The van der Waals surface area contributed by atoms with Crippen LogP contribution in [0.5, 0.6) is 0 Å². The van der Waals surface area contributed by atoms with Crippen LogP contribution in [0, 0.1) is 13.8 Å². The number of aryl methyl sites for hydroxylation is 2. The highest BCUT2D eigenvalue weighted by atomic mass is 16.5. The fourth-order valence-electron chi connectivity index (χ4n) is 2.69. The Kier molecular flexibility index (Phi) is 3.98. The third kappa shape index (κ3) is 3.11. The van der Waals surface area contributed by atoms with Crippen molar-refractivity contribution in [3.8, 4) is 0 Å². The summed E-state index contributed by atoms with van der Waals surface area (Å²) >= 11 is 0. The van der Waals surface area contributed by atoms with Crippen LogP contribution in [0.3, 0.4) is 0 Å². The van der Waals surface area contributed by atoms with E-state index in [9.17, 15) is 0 Å². The Morgan fingerprint density at radius 2 is 2.19 bits per heavy atom. The smallest absolute Gasteiger partial charge is 0.245 e. The molecule has 2 aromatic rings. The van der Waals surface area contributed by atoms with Crippen molar-refractivity contribution in [3.05, 3.63) is 41.3 Å². The van der Waals surface area contributed by atoms with Crippen molar-refractivity contribution in [1.29, 1.82) is 0 Å². The molecular weight excluding hydrogens is 266 g/mol. The zero-order valence-electron chi connectivity index (χ0n) is 12.8. The number of hydrogen-bond acceptors (Lipinski definition) is 6. The largest absolute Gasteiger partial charge is 0.338 e. The molecule has 1 fully saturated rings. The molecule has 6 heteroatoms. The van der Waals surface area contributed by atoms with E-state index in [1.807, 2.05) is 19.3 Å². The Labute approximate surface area is 124 Å². The molecule has 0 bridgehead atoms. The summed E-state index contributed by atoms with van der Waals surface area (Å²) in [5.41, 5.74) is 2.57. The van der Waals surface area contributed by atoms with Crippen molar-refractivity contribution >= 4 is 0 Å². The number of hydrogen-bond donors (Lipinski definition) is 0. The van der Waals surface area contributed by atoms with Gasteiger partial charge in [-0.15, -0.1) is 0 Å². The summed E-state index contributed by atoms with van der Waals surface area (Å²) in [6.07, 6.45) is 3.80. The van der Waals surface area contributed by atoms with E-state index in [0.29, 0.717) is 11.7 Å². The maximum absolute atomic E-state index is 5.35. The Morgan fingerprint density at radius 1 is 1.33 bits per heavy atom. The zero-order valence-corrected chi connectivity index (χ0v) is 12.8. The number of aromatic nitrogens is 3. The molecule has 1 aliphatic heterocycles. The molecule has 1 saturated heterocycles. The van der Waals surface area contributed by atoms with Crippen LogP contribution in [0.25, 0.3) is 0 Å². The van der Waals surface area contributed by atoms with Gasteiger partial charge >= 0.3 is 0 Å². The number of rotatable bonds is 3. The zero-order chi connectivity index (χ0) is 14.8. The lowest BCUT2D eigenvalue weighted by Gasteiger charge is -2.37. The van der Waals surface area contributed by atoms with Crippen LogP contribution in [-0.2, 0) is 6.54 Å². The van der Waals surface area contributed by atoms with Crippen LogP contribution >= 0.6 is 0 Å². The fraction of sp³-hybridized carbons (Fsp3) is 0.533. The summed E-state index contributed by atoms with van der Waals surface area (Å²) in [4.78, 5) is 13.3. The van der Waals surface area contributed by atoms with Crippen molar-refractivity contribution in [2.45, 2.75) is 26.4 Å². The van der Waals surface area contributed by atoms with E-state index in [1.54, 1.807) is 0 Å². The van der Waals surface area contributed by atoms with Gasteiger partial charge in [0.05, 0.1) is 0 Å². The molecule has 1 aliphatic rings. The summed E-state index contributed by atoms with van der Waals surface area (Å²) in [6, 6.07) is 2.22. The molecule has 0 N–H and O–H groups in total. The first-order chi connectivity index (χ1) is 10.1. The summed E-state index contributed by atoms with van der Waals surface area (Å²) in [6.45, 7) is 7.82. The Bertz CT molecular complexity index is 612. The number of likely N-dealkylation sites (N-methyl/N-ethyl adjacent to an activating group) is 1. The van der Waals surface area contributed by atoms with Crippen molar-refractivity contribution in [3.63, 3.8) is 0 Å². The van der Waals surface area contributed by atoms with E-state index in [4.69, 9.17) is 4.52 Å². The van der Waals surface area contributed by atoms with Crippen LogP contribution in [-0.4, -0.2) is 51.6 Å². The van der Waals surface area contributed by atoms with Gasteiger partial charge in [0, 0.05) is 38.6 Å². The third-order valence-electron chi connectivity index (χ3n) is 4.10. The highest BCUT2D eigenvalue weighted by Crippen LogP contribution is 2.24. The molecular formula is C15H21N5O. The summed E-state index contributed by atoms with van der Waals surface area (Å²) in [7, 11) is 2.11. The van der Waals surface area contributed by atoms with E-state index in [0.717, 1.165) is 26.2 Å². The highest BCUT2D eigenvalue weighted by Gasteiger charge is 2.29. The first-order valence-corrected chi connectivity index (χ1v) is 7.26. The van der Waals surface area contributed by atoms with E-state index < -0.39 is 0 Å². The normalized spacial score (nSPS) is 20.8. The molecule has 1 unspecified atom stereocenters. The van der Waals surface area contributed by atoms with E-state index >= 15 is 0 Å². The molecule has 2 aromatic heterocycles. The molecule has 0 radical (unpaired) electrons. The van der Waals surface area contributed by atoms with E-state index in [2.05, 4.69) is 45.0 Å². The molecule has 6 nitrogen and oxygen atoms in total. The molecule has 3 heterocycles. The lowest BCUT2D eigenvalue weighted by Crippen LogP contribution is -2.46. The van der Waals surface area contributed by atoms with Gasteiger partial charge < -0.3 is 4.52 Å². The van der Waals surface area contributed by atoms with Gasteiger partial charge in [-0.2, -0.15) is 4.98 Å². The maximum Gasteiger partial charge on any atom is 0.245 e. The van der Waals surface area contributed by atoms with E-state index in [1.165, 1.54) is 11.1 Å². The molecule has 0 spiro atoms. The topological polar surface area (TPSA) is 58.3 Å². The Balaban J connectivity index is 1.72. The first-order valence-electron chi connectivity index (χ1n) is 7.26. The third-order valence-corrected chi connectivity index (χ3v) is 4.10. The highest BCUT2D eigenvalue weighted by molar-refractivity contribution is 5.21. The van der Waals surface area contributed by atoms with Crippen molar-refractivity contribution < 1.29 is 4.52 Å². The minimum absolute atomic E-state index is 0.164. The lowest BCUT2D eigenvalue weighted by atomic mass is 10.1. The summed E-state index contributed by atoms with van der Waals surface area (Å²) < 4.78 is 5.35. The van der Waals surface area contributed by atoms with Crippen LogP contribution < -0.4 is 0 Å². The van der Waals surface area contributed by atoms with Gasteiger partial charge in [-0.3, -0.25) is 14.8 Å². The molecule has 21 heavy (non-hydrogen) atoms. The molecule has 0 aromatic carbocycles. The second-order valence-electron chi connectivity index (χ2n) is 5.71. The van der Waals surface area contributed by atoms with Gasteiger partial charge in [-0.05, 0) is 38.1 Å². The van der Waals surface area contributed by atoms with Gasteiger partial charge in [0.15, 0.2) is 5.82 Å². The Hall–Kier alpha value is -1.79. The standard InChI is InChI=1S/C15H21N5O/c1-11-4-5-16-8-13(11)9-20-7-6-19(3)14(10-20)15-17-12(2)18-21-15/h4-5,8,14H,6-7,9-10H2,1-3H3. The van der Waals surface area contributed by atoms with Crippen molar-refractivity contribution in [1.82, 2.24) is 24.9 Å². The Morgan fingerprint density at radius 3 is 2.90 bits per heavy atom. The number of nitrogens with zero attached hydrogens (tertiary/aromatic N) is 5. The van der Waals surface area contributed by atoms with Gasteiger partial charge in [0.1, 0.15) is 6.04 Å². The average molecular weight is 287 g/mol. The van der Waals surface area contributed by atoms with Gasteiger partial charge in [0.2, 0.25) is 5.89 Å². The average Bonchev–Trinajstić information content (AvgIpc) is 2.90. The fourth-order valence-corrected chi connectivity index (χ4v) is 2.69. The second-order valence-corrected chi connectivity index (χ2v) is 5.71. The SMILES string of the molecule is Cc1noc(C2CN(Cc3cnccc3C)CCN2C)n1. The summed E-state index contributed by atoms with van der Waals surface area (Å²) in [5, 5.41) is 3.91. The number of pyridine rings is 1. The van der Waals surface area contributed by atoms with Crippen LogP contribution in [0.4, 0.5) is 0 Å². The number of piperazine rings is 1. The molecule has 3 rings (SSSR count). The molecule has 0 saturated carbocycles. The second kappa shape index (κ2) is 5.91. The minimum atomic E-state index is 0.164. The lowest BCUT2D eigenvalue weighted by molar-refractivity contribution is 0.0713. The van der Waals surface area contributed by atoms with Gasteiger partial charge in [-0.25, -0.2) is 0 Å². The van der Waals surface area contributed by atoms with Crippen LogP contribution in [0.1, 0.15) is 28.9 Å². The van der Waals surface area contributed by atoms with Crippen LogP contribution in [0.15, 0.2) is 23.0 Å². The van der Waals surface area contributed by atoms with E-state index in [-0.39, 0.29) is 6.04 Å².